The molecule has 0 aliphatic carbocycles. The van der Waals surface area contributed by atoms with Crippen LogP contribution in [0.15, 0.2) is 36.4 Å². The molecule has 2 rings (SSSR count). The molecule has 2 atom stereocenters. The van der Waals surface area contributed by atoms with Gasteiger partial charge in [0, 0.05) is 0 Å². The molecule has 2 aromatic rings. The van der Waals surface area contributed by atoms with E-state index in [1.807, 2.05) is 6.07 Å². The molecule has 0 fully saturated rings. The molecule has 0 radical (unpaired) electrons. The average molecular weight is 243 g/mol. The number of hydrogen-bond donors (Lipinski definition) is 3. The summed E-state index contributed by atoms with van der Waals surface area (Å²) >= 11 is 0. The molecule has 0 aliphatic heterocycles. The van der Waals surface area contributed by atoms with Crippen LogP contribution in [0.25, 0.3) is 10.8 Å². The van der Waals surface area contributed by atoms with Gasteiger partial charge in [-0.15, -0.1) is 0 Å². The van der Waals surface area contributed by atoms with Crippen molar-refractivity contribution in [1.82, 2.24) is 0 Å². The summed E-state index contributed by atoms with van der Waals surface area (Å²) in [4.78, 5) is 0. The molecule has 0 bridgehead atoms. The second-order valence-corrected chi connectivity index (χ2v) is 4.17. The van der Waals surface area contributed by atoms with Gasteiger partial charge in [-0.3, -0.25) is 0 Å². The van der Waals surface area contributed by atoms with Crippen molar-refractivity contribution in [2.24, 2.45) is 0 Å². The van der Waals surface area contributed by atoms with Crippen LogP contribution >= 0.6 is 0 Å². The van der Waals surface area contributed by atoms with E-state index < -0.39 is 12.2 Å². The number of phenolic OH excluding ortho intramolecular Hbond substituents is 1. The molecule has 0 amide bonds. The maximum absolute atomic E-state index is 9.89. The largest absolute Gasteiger partial charge is 0.508 e. The predicted molar refractivity (Wildman–Crippen MR) is 66.8 cm³/mol. The Morgan fingerprint density at radius 3 is 2.50 bits per heavy atom. The number of phenols is 1. The molecule has 0 saturated carbocycles. The van der Waals surface area contributed by atoms with E-state index in [0.29, 0.717) is 5.56 Å². The molecule has 0 heterocycles. The third-order valence-electron chi connectivity index (χ3n) is 2.85. The average Bonchev–Trinajstić information content (AvgIpc) is 2.37. The Kier molecular flexibility index (Phi) is 3.47. The molecule has 0 saturated heterocycles. The van der Waals surface area contributed by atoms with Crippen molar-refractivity contribution >= 4 is 10.8 Å². The molecule has 4 nitrogen and oxygen atoms in total. The molecule has 0 spiro atoms. The lowest BCUT2D eigenvalue weighted by molar-refractivity contribution is 0.0217. The zero-order chi connectivity index (χ0) is 13.1. The predicted octanol–water partition coefficient (Wildman–Crippen LogP) is 1.85. The highest BCUT2D eigenvalue weighted by Crippen LogP contribution is 2.25. The number of nitriles is 1. The first-order valence-electron chi connectivity index (χ1n) is 5.57. The molecule has 0 aliphatic rings. The van der Waals surface area contributed by atoms with Gasteiger partial charge in [0.25, 0.3) is 0 Å². The highest BCUT2D eigenvalue weighted by Gasteiger charge is 2.18. The monoisotopic (exact) mass is 243 g/mol. The first-order valence-corrected chi connectivity index (χ1v) is 5.57. The van der Waals surface area contributed by atoms with Crippen LogP contribution in [-0.4, -0.2) is 21.4 Å². The zero-order valence-electron chi connectivity index (χ0n) is 9.61. The van der Waals surface area contributed by atoms with Crippen LogP contribution in [0.3, 0.4) is 0 Å². The van der Waals surface area contributed by atoms with E-state index in [4.69, 9.17) is 5.26 Å². The van der Waals surface area contributed by atoms with Gasteiger partial charge < -0.3 is 15.3 Å². The lowest BCUT2D eigenvalue weighted by atomic mass is 9.99. The minimum atomic E-state index is -1.11. The summed E-state index contributed by atoms with van der Waals surface area (Å²) in [7, 11) is 0. The van der Waals surface area contributed by atoms with Gasteiger partial charge in [0.15, 0.2) is 0 Å². The number of nitrogens with zero attached hydrogens (tertiary/aromatic N) is 1. The Bertz CT molecular complexity index is 604. The van der Waals surface area contributed by atoms with Crippen molar-refractivity contribution in [2.45, 2.75) is 18.6 Å². The second kappa shape index (κ2) is 5.05. The molecule has 4 heteroatoms. The molecule has 92 valence electrons. The summed E-state index contributed by atoms with van der Waals surface area (Å²) in [6, 6.07) is 11.9. The quantitative estimate of drug-likeness (QED) is 0.768. The summed E-state index contributed by atoms with van der Waals surface area (Å²) in [5.41, 5.74) is 0.524. The van der Waals surface area contributed by atoms with Crippen LogP contribution < -0.4 is 0 Å². The highest BCUT2D eigenvalue weighted by atomic mass is 16.3. The SMILES string of the molecule is N#CCC(O)C(O)c1ccc2ccc(O)cc2c1. The standard InChI is InChI=1S/C14H13NO3/c15-6-5-13(17)14(18)10-2-1-9-3-4-12(16)8-11(9)7-10/h1-4,7-8,13-14,16-18H,5H2. The Morgan fingerprint density at radius 1 is 1.06 bits per heavy atom. The fraction of sp³-hybridized carbons (Fsp3) is 0.214. The molecular formula is C14H13NO3. The number of rotatable bonds is 3. The Balaban J connectivity index is 2.37. The van der Waals surface area contributed by atoms with Gasteiger partial charge in [-0.05, 0) is 34.5 Å². The first-order chi connectivity index (χ1) is 8.61. The summed E-state index contributed by atoms with van der Waals surface area (Å²) in [6.45, 7) is 0. The number of benzene rings is 2. The van der Waals surface area contributed by atoms with Crippen molar-refractivity contribution in [2.75, 3.05) is 0 Å². The van der Waals surface area contributed by atoms with Crippen LogP contribution in [0, 0.1) is 11.3 Å². The van der Waals surface area contributed by atoms with E-state index in [1.54, 1.807) is 36.4 Å². The fourth-order valence-corrected chi connectivity index (χ4v) is 1.86. The number of aliphatic hydroxyl groups excluding tert-OH is 2. The van der Waals surface area contributed by atoms with Crippen molar-refractivity contribution < 1.29 is 15.3 Å². The zero-order valence-corrected chi connectivity index (χ0v) is 9.61. The topological polar surface area (TPSA) is 84.5 Å². The van der Waals surface area contributed by atoms with Crippen molar-refractivity contribution in [1.29, 1.82) is 5.26 Å². The minimum absolute atomic E-state index is 0.126. The van der Waals surface area contributed by atoms with Gasteiger partial charge in [-0.1, -0.05) is 18.2 Å². The first kappa shape index (κ1) is 12.4. The van der Waals surface area contributed by atoms with Crippen molar-refractivity contribution in [3.8, 4) is 11.8 Å². The van der Waals surface area contributed by atoms with Gasteiger partial charge >= 0.3 is 0 Å². The third-order valence-corrected chi connectivity index (χ3v) is 2.85. The number of hydrogen-bond acceptors (Lipinski definition) is 4. The van der Waals surface area contributed by atoms with Crippen molar-refractivity contribution in [3.05, 3.63) is 42.0 Å². The second-order valence-electron chi connectivity index (χ2n) is 4.17. The van der Waals surface area contributed by atoms with E-state index >= 15 is 0 Å². The lowest BCUT2D eigenvalue weighted by Gasteiger charge is -2.16. The van der Waals surface area contributed by atoms with Crippen LogP contribution in [-0.2, 0) is 0 Å². The van der Waals surface area contributed by atoms with E-state index in [1.165, 1.54) is 0 Å². The molecule has 2 aromatic carbocycles. The van der Waals surface area contributed by atoms with E-state index in [0.717, 1.165) is 10.8 Å². The van der Waals surface area contributed by atoms with E-state index in [-0.39, 0.29) is 12.2 Å². The van der Waals surface area contributed by atoms with Gasteiger partial charge in [0.05, 0.1) is 18.6 Å². The Morgan fingerprint density at radius 2 is 1.78 bits per heavy atom. The van der Waals surface area contributed by atoms with Crippen molar-refractivity contribution in [3.63, 3.8) is 0 Å². The van der Waals surface area contributed by atoms with Gasteiger partial charge in [-0.25, -0.2) is 0 Å². The number of aromatic hydroxyl groups is 1. The van der Waals surface area contributed by atoms with Gasteiger partial charge in [0.1, 0.15) is 11.9 Å². The summed E-state index contributed by atoms with van der Waals surface area (Å²) < 4.78 is 0. The van der Waals surface area contributed by atoms with E-state index in [9.17, 15) is 15.3 Å². The molecule has 18 heavy (non-hydrogen) atoms. The third kappa shape index (κ3) is 2.43. The molecular weight excluding hydrogens is 230 g/mol. The summed E-state index contributed by atoms with van der Waals surface area (Å²) in [5, 5.41) is 39.0. The Labute approximate surface area is 104 Å². The van der Waals surface area contributed by atoms with Gasteiger partial charge in [-0.2, -0.15) is 5.26 Å². The smallest absolute Gasteiger partial charge is 0.116 e. The van der Waals surface area contributed by atoms with Crippen LogP contribution in [0.2, 0.25) is 0 Å². The van der Waals surface area contributed by atoms with Crippen LogP contribution in [0.1, 0.15) is 18.1 Å². The lowest BCUT2D eigenvalue weighted by Crippen LogP contribution is -2.17. The number of aliphatic hydroxyl groups is 2. The number of fused-ring (bicyclic) bond motifs is 1. The van der Waals surface area contributed by atoms with Gasteiger partial charge in [0.2, 0.25) is 0 Å². The maximum atomic E-state index is 9.89. The Hall–Kier alpha value is -2.09. The molecule has 2 unspecified atom stereocenters. The fourth-order valence-electron chi connectivity index (χ4n) is 1.86. The highest BCUT2D eigenvalue weighted by molar-refractivity contribution is 5.84. The normalized spacial score (nSPS) is 14.1. The maximum Gasteiger partial charge on any atom is 0.116 e. The molecule has 3 N–H and O–H groups in total. The summed E-state index contributed by atoms with van der Waals surface area (Å²) in [6.07, 6.45) is -2.33. The van der Waals surface area contributed by atoms with Crippen LogP contribution in [0.4, 0.5) is 0 Å². The summed E-state index contributed by atoms with van der Waals surface area (Å²) in [5.74, 6) is 0.145. The van der Waals surface area contributed by atoms with E-state index in [2.05, 4.69) is 0 Å². The van der Waals surface area contributed by atoms with Crippen LogP contribution in [0.5, 0.6) is 5.75 Å². The molecule has 0 aromatic heterocycles. The minimum Gasteiger partial charge on any atom is -0.508 e.